The van der Waals surface area contributed by atoms with Gasteiger partial charge in [0.2, 0.25) is 0 Å². The zero-order chi connectivity index (χ0) is 6.91. The van der Waals surface area contributed by atoms with Crippen molar-refractivity contribution in [2.45, 2.75) is 33.1 Å². The topological polar surface area (TPSA) is 0 Å². The van der Waals surface area contributed by atoms with E-state index in [0.29, 0.717) is 11.3 Å². The SMILES string of the molecule is C#CC1CC1(C)CCC. The molecule has 1 aliphatic rings. The fourth-order valence-corrected chi connectivity index (χ4v) is 1.51. The Hall–Kier alpha value is -0.440. The molecule has 0 amide bonds. The Labute approximate surface area is 57.7 Å². The van der Waals surface area contributed by atoms with E-state index in [1.54, 1.807) is 0 Å². The zero-order valence-corrected chi connectivity index (χ0v) is 6.28. The summed E-state index contributed by atoms with van der Waals surface area (Å²) in [5.41, 5.74) is 0.531. The monoisotopic (exact) mass is 122 g/mol. The standard InChI is InChI=1S/C9H14/c1-4-6-9(3)7-8(9)5-2/h2,8H,4,6-7H2,1,3H3. The van der Waals surface area contributed by atoms with Crippen LogP contribution in [0.5, 0.6) is 0 Å². The molecule has 2 atom stereocenters. The highest BCUT2D eigenvalue weighted by Crippen LogP contribution is 2.54. The fraction of sp³-hybridized carbons (Fsp3) is 0.778. The number of terminal acetylenes is 1. The highest BCUT2D eigenvalue weighted by Gasteiger charge is 2.47. The molecule has 9 heavy (non-hydrogen) atoms. The van der Waals surface area contributed by atoms with E-state index in [-0.39, 0.29) is 0 Å². The van der Waals surface area contributed by atoms with Gasteiger partial charge in [-0.25, -0.2) is 0 Å². The van der Waals surface area contributed by atoms with Crippen molar-refractivity contribution in [3.05, 3.63) is 0 Å². The zero-order valence-electron chi connectivity index (χ0n) is 6.28. The highest BCUT2D eigenvalue weighted by molar-refractivity contribution is 5.13. The molecule has 0 saturated heterocycles. The van der Waals surface area contributed by atoms with E-state index >= 15 is 0 Å². The molecule has 1 saturated carbocycles. The van der Waals surface area contributed by atoms with Gasteiger partial charge in [0.1, 0.15) is 0 Å². The van der Waals surface area contributed by atoms with Gasteiger partial charge in [0.25, 0.3) is 0 Å². The Morgan fingerprint density at radius 2 is 2.44 bits per heavy atom. The summed E-state index contributed by atoms with van der Waals surface area (Å²) in [6, 6.07) is 0. The third-order valence-corrected chi connectivity index (χ3v) is 2.37. The third-order valence-electron chi connectivity index (χ3n) is 2.37. The molecule has 0 radical (unpaired) electrons. The number of rotatable bonds is 2. The number of hydrogen-bond donors (Lipinski definition) is 0. The van der Waals surface area contributed by atoms with Gasteiger partial charge in [-0.2, -0.15) is 0 Å². The molecule has 1 aliphatic carbocycles. The van der Waals surface area contributed by atoms with Gasteiger partial charge in [-0.1, -0.05) is 20.3 Å². The van der Waals surface area contributed by atoms with E-state index in [4.69, 9.17) is 6.42 Å². The quantitative estimate of drug-likeness (QED) is 0.493. The van der Waals surface area contributed by atoms with Crippen LogP contribution in [-0.4, -0.2) is 0 Å². The van der Waals surface area contributed by atoms with Crippen molar-refractivity contribution in [2.75, 3.05) is 0 Å². The summed E-state index contributed by atoms with van der Waals surface area (Å²) in [4.78, 5) is 0. The molecule has 0 heterocycles. The predicted octanol–water partition coefficient (Wildman–Crippen LogP) is 2.45. The lowest BCUT2D eigenvalue weighted by Crippen LogP contribution is -1.94. The second kappa shape index (κ2) is 2.06. The molecular weight excluding hydrogens is 108 g/mol. The van der Waals surface area contributed by atoms with Gasteiger partial charge in [0.05, 0.1) is 0 Å². The minimum atomic E-state index is 0.531. The average Bonchev–Trinajstić information content (AvgIpc) is 2.43. The Morgan fingerprint density at radius 3 is 2.78 bits per heavy atom. The van der Waals surface area contributed by atoms with Crippen LogP contribution < -0.4 is 0 Å². The first-order valence-electron chi connectivity index (χ1n) is 3.69. The third kappa shape index (κ3) is 1.10. The summed E-state index contributed by atoms with van der Waals surface area (Å²) >= 11 is 0. The van der Waals surface area contributed by atoms with Crippen molar-refractivity contribution >= 4 is 0 Å². The maximum atomic E-state index is 5.29. The Morgan fingerprint density at radius 1 is 1.78 bits per heavy atom. The summed E-state index contributed by atoms with van der Waals surface area (Å²) < 4.78 is 0. The fourth-order valence-electron chi connectivity index (χ4n) is 1.51. The lowest BCUT2D eigenvalue weighted by molar-refractivity contribution is 0.487. The highest BCUT2D eigenvalue weighted by atomic mass is 14.5. The van der Waals surface area contributed by atoms with Crippen molar-refractivity contribution < 1.29 is 0 Å². The van der Waals surface area contributed by atoms with Crippen LogP contribution in [-0.2, 0) is 0 Å². The summed E-state index contributed by atoms with van der Waals surface area (Å²) in [7, 11) is 0. The van der Waals surface area contributed by atoms with Gasteiger partial charge >= 0.3 is 0 Å². The van der Waals surface area contributed by atoms with Crippen LogP contribution in [0.25, 0.3) is 0 Å². The molecular formula is C9H14. The Bertz CT molecular complexity index is 141. The van der Waals surface area contributed by atoms with Crippen LogP contribution >= 0.6 is 0 Å². The van der Waals surface area contributed by atoms with Gasteiger partial charge < -0.3 is 0 Å². The van der Waals surface area contributed by atoms with Crippen LogP contribution in [0.4, 0.5) is 0 Å². The van der Waals surface area contributed by atoms with Gasteiger partial charge in [0, 0.05) is 5.92 Å². The molecule has 0 aliphatic heterocycles. The summed E-state index contributed by atoms with van der Waals surface area (Å²) in [5, 5.41) is 0. The minimum Gasteiger partial charge on any atom is -0.120 e. The van der Waals surface area contributed by atoms with Crippen LogP contribution in [0.2, 0.25) is 0 Å². The molecule has 0 N–H and O–H groups in total. The first-order chi connectivity index (χ1) is 4.23. The smallest absolute Gasteiger partial charge is 0.0260 e. The minimum absolute atomic E-state index is 0.531. The van der Waals surface area contributed by atoms with Crippen molar-refractivity contribution in [2.24, 2.45) is 11.3 Å². The van der Waals surface area contributed by atoms with Gasteiger partial charge in [0.15, 0.2) is 0 Å². The Kier molecular flexibility index (Phi) is 1.53. The van der Waals surface area contributed by atoms with Crippen molar-refractivity contribution in [3.8, 4) is 12.3 Å². The van der Waals surface area contributed by atoms with Crippen molar-refractivity contribution in [1.29, 1.82) is 0 Å². The molecule has 0 aromatic rings. The molecule has 50 valence electrons. The van der Waals surface area contributed by atoms with Crippen molar-refractivity contribution in [3.63, 3.8) is 0 Å². The summed E-state index contributed by atoms with van der Waals surface area (Å²) in [5.74, 6) is 3.41. The number of hydrogen-bond acceptors (Lipinski definition) is 0. The van der Waals surface area contributed by atoms with E-state index < -0.39 is 0 Å². The van der Waals surface area contributed by atoms with E-state index in [1.165, 1.54) is 19.3 Å². The lowest BCUT2D eigenvalue weighted by Gasteiger charge is -2.04. The van der Waals surface area contributed by atoms with Crippen LogP contribution in [0.3, 0.4) is 0 Å². The summed E-state index contributed by atoms with van der Waals surface area (Å²) in [6.07, 6.45) is 9.13. The van der Waals surface area contributed by atoms with E-state index in [0.717, 1.165) is 0 Å². The molecule has 0 aromatic heterocycles. The predicted molar refractivity (Wildman–Crippen MR) is 40.0 cm³/mol. The average molecular weight is 122 g/mol. The molecule has 0 aromatic carbocycles. The second-order valence-electron chi connectivity index (χ2n) is 3.33. The van der Waals surface area contributed by atoms with E-state index in [1.807, 2.05) is 0 Å². The molecule has 0 nitrogen and oxygen atoms in total. The van der Waals surface area contributed by atoms with Crippen LogP contribution in [0.15, 0.2) is 0 Å². The molecule has 0 bridgehead atoms. The van der Waals surface area contributed by atoms with E-state index in [9.17, 15) is 0 Å². The first-order valence-corrected chi connectivity index (χ1v) is 3.69. The maximum absolute atomic E-state index is 5.29. The lowest BCUT2D eigenvalue weighted by atomic mass is 10.0. The second-order valence-corrected chi connectivity index (χ2v) is 3.33. The molecule has 1 fully saturated rings. The molecule has 0 spiro atoms. The largest absolute Gasteiger partial charge is 0.120 e. The summed E-state index contributed by atoms with van der Waals surface area (Å²) in [6.45, 7) is 4.51. The molecule has 1 rings (SSSR count). The van der Waals surface area contributed by atoms with Crippen molar-refractivity contribution in [1.82, 2.24) is 0 Å². The van der Waals surface area contributed by atoms with Crippen LogP contribution in [0, 0.1) is 23.7 Å². The maximum Gasteiger partial charge on any atom is 0.0260 e. The van der Waals surface area contributed by atoms with Gasteiger partial charge in [-0.05, 0) is 18.3 Å². The van der Waals surface area contributed by atoms with Gasteiger partial charge in [-0.15, -0.1) is 12.3 Å². The van der Waals surface area contributed by atoms with Gasteiger partial charge in [-0.3, -0.25) is 0 Å². The van der Waals surface area contributed by atoms with Crippen LogP contribution in [0.1, 0.15) is 33.1 Å². The van der Waals surface area contributed by atoms with E-state index in [2.05, 4.69) is 19.8 Å². The Balaban J connectivity index is 2.35. The first kappa shape index (κ1) is 6.68. The molecule has 0 heteroatoms. The normalized spacial score (nSPS) is 39.9. The molecule has 2 unspecified atom stereocenters.